The van der Waals surface area contributed by atoms with Crippen molar-refractivity contribution in [3.63, 3.8) is 0 Å². The van der Waals surface area contributed by atoms with Crippen molar-refractivity contribution in [1.29, 1.82) is 0 Å². The smallest absolute Gasteiger partial charge is 0.278 e. The molecule has 1 amide bonds. The van der Waals surface area contributed by atoms with E-state index in [1.165, 1.54) is 5.56 Å². The zero-order valence-corrected chi connectivity index (χ0v) is 19.6. The van der Waals surface area contributed by atoms with Crippen molar-refractivity contribution in [2.75, 3.05) is 44.3 Å². The third kappa shape index (κ3) is 4.66. The molecule has 166 valence electrons. The molecule has 1 aliphatic rings. The first kappa shape index (κ1) is 21.9. The summed E-state index contributed by atoms with van der Waals surface area (Å²) in [5.41, 5.74) is 3.92. The van der Waals surface area contributed by atoms with Crippen LogP contribution in [0.25, 0.3) is 10.2 Å². The Labute approximate surface area is 187 Å². The van der Waals surface area contributed by atoms with Gasteiger partial charge in [-0.2, -0.15) is 5.10 Å². The SMILES string of the molecule is Cc1ccc(C)c2sc(N(CCCN3CCOCC3)C(=O)c3ccnn3C(C)C)nc12. The monoisotopic (exact) mass is 441 g/mol. The highest BCUT2D eigenvalue weighted by molar-refractivity contribution is 7.22. The number of carbonyl (C=O) groups is 1. The summed E-state index contributed by atoms with van der Waals surface area (Å²) in [5, 5.41) is 5.13. The van der Waals surface area contributed by atoms with Crippen LogP contribution < -0.4 is 4.90 Å². The third-order valence-corrected chi connectivity index (χ3v) is 6.96. The van der Waals surface area contributed by atoms with E-state index in [1.54, 1.807) is 28.3 Å². The van der Waals surface area contributed by atoms with Gasteiger partial charge < -0.3 is 4.74 Å². The van der Waals surface area contributed by atoms with E-state index in [1.807, 2.05) is 18.7 Å². The molecule has 0 spiro atoms. The number of morpholine rings is 1. The van der Waals surface area contributed by atoms with Gasteiger partial charge in [0, 0.05) is 38.4 Å². The third-order valence-electron chi connectivity index (χ3n) is 5.75. The number of rotatable bonds is 7. The molecule has 0 aliphatic carbocycles. The molecular formula is C23H31N5O2S. The van der Waals surface area contributed by atoms with Crippen LogP contribution in [0, 0.1) is 13.8 Å². The maximum Gasteiger partial charge on any atom is 0.278 e. The molecule has 1 saturated heterocycles. The molecule has 0 unspecified atom stereocenters. The van der Waals surface area contributed by atoms with Crippen LogP contribution in [-0.2, 0) is 4.74 Å². The lowest BCUT2D eigenvalue weighted by molar-refractivity contribution is 0.0376. The van der Waals surface area contributed by atoms with Crippen LogP contribution in [0.15, 0.2) is 24.4 Å². The van der Waals surface area contributed by atoms with Gasteiger partial charge in [-0.25, -0.2) is 4.98 Å². The molecule has 1 fully saturated rings. The number of anilines is 1. The van der Waals surface area contributed by atoms with Crippen LogP contribution in [0.2, 0.25) is 0 Å². The van der Waals surface area contributed by atoms with Gasteiger partial charge in [-0.05, 0) is 51.3 Å². The number of aromatic nitrogens is 3. The van der Waals surface area contributed by atoms with Crippen LogP contribution in [-0.4, -0.2) is 65.0 Å². The van der Waals surface area contributed by atoms with E-state index >= 15 is 0 Å². The number of carbonyl (C=O) groups excluding carboxylic acids is 1. The highest BCUT2D eigenvalue weighted by Crippen LogP contribution is 2.34. The van der Waals surface area contributed by atoms with Crippen molar-refractivity contribution < 1.29 is 9.53 Å². The van der Waals surface area contributed by atoms with Gasteiger partial charge in [0.1, 0.15) is 5.69 Å². The molecule has 0 N–H and O–H groups in total. The number of hydrogen-bond donors (Lipinski definition) is 0. The molecule has 0 saturated carbocycles. The first-order valence-corrected chi connectivity index (χ1v) is 11.8. The molecule has 3 aromatic rings. The van der Waals surface area contributed by atoms with Crippen molar-refractivity contribution >= 4 is 32.6 Å². The molecule has 7 nitrogen and oxygen atoms in total. The summed E-state index contributed by atoms with van der Waals surface area (Å²) < 4.78 is 8.40. The first-order chi connectivity index (χ1) is 15.0. The lowest BCUT2D eigenvalue weighted by Crippen LogP contribution is -2.39. The molecule has 0 bridgehead atoms. The topological polar surface area (TPSA) is 63.5 Å². The van der Waals surface area contributed by atoms with E-state index < -0.39 is 0 Å². The van der Waals surface area contributed by atoms with Gasteiger partial charge in [0.15, 0.2) is 5.13 Å². The zero-order valence-electron chi connectivity index (χ0n) is 18.8. The van der Waals surface area contributed by atoms with E-state index in [4.69, 9.17) is 9.72 Å². The van der Waals surface area contributed by atoms with Crippen molar-refractivity contribution in [2.45, 2.75) is 40.2 Å². The molecule has 0 radical (unpaired) electrons. The number of hydrogen-bond acceptors (Lipinski definition) is 6. The molecule has 31 heavy (non-hydrogen) atoms. The average molecular weight is 442 g/mol. The van der Waals surface area contributed by atoms with Gasteiger partial charge >= 0.3 is 0 Å². The van der Waals surface area contributed by atoms with Gasteiger partial charge in [-0.3, -0.25) is 19.3 Å². The Morgan fingerprint density at radius 1 is 1.19 bits per heavy atom. The van der Waals surface area contributed by atoms with Crippen LogP contribution in [0.5, 0.6) is 0 Å². The minimum atomic E-state index is -0.0393. The Morgan fingerprint density at radius 3 is 2.65 bits per heavy atom. The predicted octanol–water partition coefficient (Wildman–Crippen LogP) is 4.06. The number of nitrogens with zero attached hydrogens (tertiary/aromatic N) is 5. The van der Waals surface area contributed by atoms with E-state index in [0.717, 1.165) is 60.2 Å². The van der Waals surface area contributed by atoms with Gasteiger partial charge in [-0.15, -0.1) is 0 Å². The summed E-state index contributed by atoms with van der Waals surface area (Å²) in [5.74, 6) is -0.0393. The van der Waals surface area contributed by atoms with Crippen molar-refractivity contribution in [3.8, 4) is 0 Å². The molecule has 2 aromatic heterocycles. The summed E-state index contributed by atoms with van der Waals surface area (Å²) in [6, 6.07) is 6.14. The van der Waals surface area contributed by atoms with E-state index in [0.29, 0.717) is 12.2 Å². The summed E-state index contributed by atoms with van der Waals surface area (Å²) in [4.78, 5) is 22.8. The Balaban J connectivity index is 1.63. The van der Waals surface area contributed by atoms with Crippen LogP contribution in [0.1, 0.15) is 47.9 Å². The fourth-order valence-electron chi connectivity index (χ4n) is 3.96. The summed E-state index contributed by atoms with van der Waals surface area (Å²) in [6.45, 7) is 13.3. The second-order valence-electron chi connectivity index (χ2n) is 8.39. The molecular weight excluding hydrogens is 410 g/mol. The fourth-order valence-corrected chi connectivity index (χ4v) is 5.09. The highest BCUT2D eigenvalue weighted by Gasteiger charge is 2.25. The second kappa shape index (κ2) is 9.46. The summed E-state index contributed by atoms with van der Waals surface area (Å²) >= 11 is 1.60. The maximum absolute atomic E-state index is 13.7. The zero-order chi connectivity index (χ0) is 22.0. The maximum atomic E-state index is 13.7. The first-order valence-electron chi connectivity index (χ1n) is 11.0. The molecule has 0 atom stereocenters. The number of benzene rings is 1. The average Bonchev–Trinajstić information content (AvgIpc) is 3.42. The summed E-state index contributed by atoms with van der Waals surface area (Å²) in [7, 11) is 0. The Hall–Kier alpha value is -2.29. The molecule has 3 heterocycles. The van der Waals surface area contributed by atoms with E-state index in [9.17, 15) is 4.79 Å². The Bertz CT molecular complexity index is 1010. The van der Waals surface area contributed by atoms with Crippen LogP contribution >= 0.6 is 11.3 Å². The number of thiazole rings is 1. The quantitative estimate of drug-likeness (QED) is 0.553. The van der Waals surface area contributed by atoms with Crippen LogP contribution in [0.3, 0.4) is 0 Å². The predicted molar refractivity (Wildman–Crippen MR) is 125 cm³/mol. The molecule has 8 heteroatoms. The minimum absolute atomic E-state index is 0.0393. The lowest BCUT2D eigenvalue weighted by Gasteiger charge is -2.28. The van der Waals surface area contributed by atoms with Gasteiger partial charge in [0.2, 0.25) is 0 Å². The Kier molecular flexibility index (Phi) is 6.69. The lowest BCUT2D eigenvalue weighted by atomic mass is 10.1. The van der Waals surface area contributed by atoms with Gasteiger partial charge in [-0.1, -0.05) is 23.5 Å². The van der Waals surface area contributed by atoms with Gasteiger partial charge in [0.25, 0.3) is 5.91 Å². The Morgan fingerprint density at radius 2 is 1.94 bits per heavy atom. The van der Waals surface area contributed by atoms with E-state index in [-0.39, 0.29) is 11.9 Å². The van der Waals surface area contributed by atoms with Crippen molar-refractivity contribution in [1.82, 2.24) is 19.7 Å². The standard InChI is InChI=1S/C23H31N5O2S/c1-16(2)28-19(8-9-24-28)22(29)27(11-5-10-26-12-14-30-15-13-26)23-25-20-17(3)6-7-18(4)21(20)31-23/h6-9,16H,5,10-15H2,1-4H3. The largest absolute Gasteiger partial charge is 0.379 e. The van der Waals surface area contributed by atoms with Crippen molar-refractivity contribution in [2.24, 2.45) is 0 Å². The molecule has 1 aliphatic heterocycles. The summed E-state index contributed by atoms with van der Waals surface area (Å²) in [6.07, 6.45) is 2.58. The highest BCUT2D eigenvalue weighted by atomic mass is 32.1. The van der Waals surface area contributed by atoms with E-state index in [2.05, 4.69) is 36.0 Å². The van der Waals surface area contributed by atoms with Crippen molar-refractivity contribution in [3.05, 3.63) is 41.2 Å². The number of ether oxygens (including phenoxy) is 1. The van der Waals surface area contributed by atoms with Crippen LogP contribution in [0.4, 0.5) is 5.13 Å². The normalized spacial score (nSPS) is 15.1. The number of aryl methyl sites for hydroxylation is 2. The van der Waals surface area contributed by atoms with Gasteiger partial charge in [0.05, 0.1) is 23.4 Å². The molecule has 1 aromatic carbocycles. The molecule has 4 rings (SSSR count). The minimum Gasteiger partial charge on any atom is -0.379 e. The fraction of sp³-hybridized carbons (Fsp3) is 0.522. The second-order valence-corrected chi connectivity index (χ2v) is 9.37. The number of amides is 1. The number of fused-ring (bicyclic) bond motifs is 1.